The third-order valence-corrected chi connectivity index (χ3v) is 5.18. The number of hydrogen-bond acceptors (Lipinski definition) is 3. The normalized spacial score (nSPS) is 17.7. The van der Waals surface area contributed by atoms with Gasteiger partial charge in [0.05, 0.1) is 21.8 Å². The summed E-state index contributed by atoms with van der Waals surface area (Å²) in [7, 11) is 0. The molecule has 0 spiro atoms. The van der Waals surface area contributed by atoms with Gasteiger partial charge in [0.25, 0.3) is 5.91 Å². The molecule has 0 saturated heterocycles. The number of carbonyl (C=O) groups excluding carboxylic acids is 1. The Balaban J connectivity index is 1.69. The molecule has 0 fully saturated rings. The molecule has 4 nitrogen and oxygen atoms in total. The molecule has 3 aromatic rings. The number of carbonyl (C=O) groups is 1. The summed E-state index contributed by atoms with van der Waals surface area (Å²) in [6.45, 7) is 3.77. The van der Waals surface area contributed by atoms with E-state index >= 15 is 0 Å². The first-order chi connectivity index (χ1) is 10.8. The molecule has 4 rings (SSSR count). The molecule has 1 atom stereocenters. The van der Waals surface area contributed by atoms with Gasteiger partial charge in [0.15, 0.2) is 0 Å². The number of nitrogens with zero attached hydrogens (tertiary/aromatic N) is 3. The lowest BCUT2D eigenvalue weighted by atomic mass is 10.0. The number of fused-ring (bicyclic) bond motifs is 2. The zero-order valence-corrected chi connectivity index (χ0v) is 13.2. The number of benzene rings is 1. The van der Waals surface area contributed by atoms with Gasteiger partial charge in [-0.3, -0.25) is 4.79 Å². The number of amides is 1. The first kappa shape index (κ1) is 13.5. The summed E-state index contributed by atoms with van der Waals surface area (Å²) in [4.78, 5) is 19.3. The van der Waals surface area contributed by atoms with Gasteiger partial charge in [-0.2, -0.15) is 0 Å². The lowest BCUT2D eigenvalue weighted by Crippen LogP contribution is -2.41. The fourth-order valence-corrected chi connectivity index (χ4v) is 4.01. The van der Waals surface area contributed by atoms with Crippen molar-refractivity contribution in [1.82, 2.24) is 14.5 Å². The van der Waals surface area contributed by atoms with E-state index in [0.717, 1.165) is 35.3 Å². The van der Waals surface area contributed by atoms with Crippen LogP contribution < -0.4 is 0 Å². The lowest BCUT2D eigenvalue weighted by molar-refractivity contribution is 0.0618. The van der Waals surface area contributed by atoms with Crippen LogP contribution in [0.5, 0.6) is 0 Å². The summed E-state index contributed by atoms with van der Waals surface area (Å²) in [5, 5.41) is 0. The molecule has 1 aliphatic heterocycles. The van der Waals surface area contributed by atoms with Gasteiger partial charge < -0.3 is 9.47 Å². The van der Waals surface area contributed by atoms with E-state index < -0.39 is 0 Å². The molecule has 0 radical (unpaired) electrons. The van der Waals surface area contributed by atoms with Crippen molar-refractivity contribution in [1.29, 1.82) is 0 Å². The predicted octanol–water partition coefficient (Wildman–Crippen LogP) is 3.70. The molecule has 5 heteroatoms. The second kappa shape index (κ2) is 5.25. The predicted molar refractivity (Wildman–Crippen MR) is 88.1 cm³/mol. The van der Waals surface area contributed by atoms with Crippen LogP contribution in [0.4, 0.5) is 0 Å². The summed E-state index contributed by atoms with van der Waals surface area (Å²) in [5.74, 6) is 0.120. The Kier molecular flexibility index (Phi) is 3.22. The Morgan fingerprint density at radius 3 is 3.14 bits per heavy atom. The lowest BCUT2D eigenvalue weighted by Gasteiger charge is -2.36. The van der Waals surface area contributed by atoms with Gasteiger partial charge in [-0.05, 0) is 36.8 Å². The van der Waals surface area contributed by atoms with Crippen LogP contribution in [0.2, 0.25) is 0 Å². The maximum absolute atomic E-state index is 13.0. The minimum Gasteiger partial charge on any atom is -0.348 e. The molecule has 112 valence electrons. The molecular weight excluding hydrogens is 294 g/mol. The second-order valence-corrected chi connectivity index (χ2v) is 6.47. The molecule has 22 heavy (non-hydrogen) atoms. The maximum Gasteiger partial charge on any atom is 0.254 e. The van der Waals surface area contributed by atoms with Crippen molar-refractivity contribution in [2.45, 2.75) is 25.9 Å². The Morgan fingerprint density at radius 1 is 1.36 bits per heavy atom. The number of rotatable bonds is 2. The Labute approximate surface area is 133 Å². The van der Waals surface area contributed by atoms with E-state index in [1.165, 1.54) is 5.69 Å². The highest BCUT2D eigenvalue weighted by Crippen LogP contribution is 2.30. The molecule has 2 aromatic heterocycles. The van der Waals surface area contributed by atoms with Gasteiger partial charge in [0.1, 0.15) is 0 Å². The average molecular weight is 311 g/mol. The van der Waals surface area contributed by atoms with Crippen molar-refractivity contribution in [3.8, 4) is 0 Å². The number of hydrogen-bond donors (Lipinski definition) is 0. The Hall–Kier alpha value is -2.14. The van der Waals surface area contributed by atoms with E-state index in [4.69, 9.17) is 0 Å². The first-order valence-corrected chi connectivity index (χ1v) is 8.45. The molecule has 0 aliphatic carbocycles. The van der Waals surface area contributed by atoms with E-state index in [1.54, 1.807) is 11.3 Å². The van der Waals surface area contributed by atoms with E-state index in [-0.39, 0.29) is 11.9 Å². The molecule has 1 amide bonds. The van der Waals surface area contributed by atoms with Crippen LogP contribution in [-0.4, -0.2) is 26.9 Å². The highest BCUT2D eigenvalue weighted by molar-refractivity contribution is 7.16. The molecule has 0 unspecified atom stereocenters. The monoisotopic (exact) mass is 311 g/mol. The van der Waals surface area contributed by atoms with Crippen molar-refractivity contribution >= 4 is 27.5 Å². The Bertz CT molecular complexity index is 835. The summed E-state index contributed by atoms with van der Waals surface area (Å²) in [6, 6.07) is 10.1. The third kappa shape index (κ3) is 2.04. The summed E-state index contributed by atoms with van der Waals surface area (Å²) >= 11 is 1.58. The average Bonchev–Trinajstić information content (AvgIpc) is 3.20. The van der Waals surface area contributed by atoms with Gasteiger partial charge in [-0.1, -0.05) is 6.92 Å². The summed E-state index contributed by atoms with van der Waals surface area (Å²) in [6.07, 6.45) is 3.03. The molecule has 0 bridgehead atoms. The van der Waals surface area contributed by atoms with Crippen molar-refractivity contribution in [2.75, 3.05) is 6.54 Å². The van der Waals surface area contributed by atoms with Gasteiger partial charge in [0.2, 0.25) is 0 Å². The zero-order valence-electron chi connectivity index (χ0n) is 12.4. The fraction of sp³-hybridized carbons (Fsp3) is 0.294. The highest BCUT2D eigenvalue weighted by Gasteiger charge is 2.30. The van der Waals surface area contributed by atoms with Gasteiger partial charge in [0, 0.05) is 30.5 Å². The van der Waals surface area contributed by atoms with Gasteiger partial charge >= 0.3 is 0 Å². The zero-order chi connectivity index (χ0) is 15.1. The SMILES string of the molecule is CC[C@@H]1c2cccn2CCN1C(=O)c1ccc2ncsc2c1. The summed E-state index contributed by atoms with van der Waals surface area (Å²) < 4.78 is 3.32. The smallest absolute Gasteiger partial charge is 0.254 e. The highest BCUT2D eigenvalue weighted by atomic mass is 32.1. The molecule has 1 aliphatic rings. The standard InChI is InChI=1S/C17H17N3OS/c1-2-14-15-4-3-7-19(15)8-9-20(14)17(21)12-5-6-13-16(10-12)22-11-18-13/h3-7,10-11,14H,2,8-9H2,1H3/t14-/m1/s1. The maximum atomic E-state index is 13.0. The van der Waals surface area contributed by atoms with Crippen molar-refractivity contribution < 1.29 is 4.79 Å². The second-order valence-electron chi connectivity index (χ2n) is 5.58. The van der Waals surface area contributed by atoms with E-state index in [2.05, 4.69) is 34.8 Å². The number of thiazole rings is 1. The van der Waals surface area contributed by atoms with Gasteiger partial charge in [-0.25, -0.2) is 4.98 Å². The first-order valence-electron chi connectivity index (χ1n) is 7.57. The Morgan fingerprint density at radius 2 is 2.27 bits per heavy atom. The molecule has 3 heterocycles. The third-order valence-electron chi connectivity index (χ3n) is 4.39. The van der Waals surface area contributed by atoms with E-state index in [9.17, 15) is 4.79 Å². The van der Waals surface area contributed by atoms with E-state index in [1.807, 2.05) is 28.6 Å². The summed E-state index contributed by atoms with van der Waals surface area (Å²) in [5.41, 5.74) is 4.78. The van der Waals surface area contributed by atoms with Crippen LogP contribution in [0.3, 0.4) is 0 Å². The van der Waals surface area contributed by atoms with Crippen LogP contribution in [0.25, 0.3) is 10.2 Å². The minimum atomic E-state index is 0.120. The van der Waals surface area contributed by atoms with Crippen molar-refractivity contribution in [2.24, 2.45) is 0 Å². The van der Waals surface area contributed by atoms with Crippen LogP contribution in [-0.2, 0) is 6.54 Å². The molecule has 0 saturated carbocycles. The van der Waals surface area contributed by atoms with Crippen molar-refractivity contribution in [3.63, 3.8) is 0 Å². The minimum absolute atomic E-state index is 0.120. The van der Waals surface area contributed by atoms with Crippen LogP contribution in [0, 0.1) is 0 Å². The molecule has 1 aromatic carbocycles. The number of aromatic nitrogens is 2. The fourth-order valence-electron chi connectivity index (χ4n) is 3.29. The van der Waals surface area contributed by atoms with Crippen LogP contribution in [0.1, 0.15) is 35.4 Å². The topological polar surface area (TPSA) is 38.1 Å². The molecular formula is C17H17N3OS. The van der Waals surface area contributed by atoms with Crippen molar-refractivity contribution in [3.05, 3.63) is 53.3 Å². The van der Waals surface area contributed by atoms with Crippen LogP contribution >= 0.6 is 11.3 Å². The van der Waals surface area contributed by atoms with E-state index in [0.29, 0.717) is 0 Å². The van der Waals surface area contributed by atoms with Crippen LogP contribution in [0.15, 0.2) is 42.0 Å². The van der Waals surface area contributed by atoms with Gasteiger partial charge in [-0.15, -0.1) is 11.3 Å². The molecule has 0 N–H and O–H groups in total. The quantitative estimate of drug-likeness (QED) is 0.723. The largest absolute Gasteiger partial charge is 0.348 e.